The van der Waals surface area contributed by atoms with E-state index in [2.05, 4.69) is 5.32 Å². The standard InChI is InChI=1S/C17H16ClNO3/c1-21-14-7-8-15(16(11-14)22-2)19-17(20)9-6-12-4-3-5-13(18)10-12/h3-11H,1-2H3,(H,19,20)/b9-6+. The second-order valence-corrected chi connectivity index (χ2v) is 4.88. The maximum atomic E-state index is 12.0. The van der Waals surface area contributed by atoms with Crippen LogP contribution in [0.15, 0.2) is 48.5 Å². The van der Waals surface area contributed by atoms with Crippen LogP contribution in [0.3, 0.4) is 0 Å². The molecular weight excluding hydrogens is 302 g/mol. The molecule has 0 radical (unpaired) electrons. The van der Waals surface area contributed by atoms with Crippen molar-refractivity contribution >= 4 is 29.3 Å². The number of hydrogen-bond acceptors (Lipinski definition) is 3. The van der Waals surface area contributed by atoms with E-state index in [1.165, 1.54) is 13.2 Å². The fourth-order valence-electron chi connectivity index (χ4n) is 1.86. The number of hydrogen-bond donors (Lipinski definition) is 1. The van der Waals surface area contributed by atoms with Gasteiger partial charge in [-0.3, -0.25) is 4.79 Å². The zero-order chi connectivity index (χ0) is 15.9. The average Bonchev–Trinajstić information content (AvgIpc) is 2.53. The summed E-state index contributed by atoms with van der Waals surface area (Å²) in [5.41, 5.74) is 1.42. The molecule has 5 heteroatoms. The van der Waals surface area contributed by atoms with Crippen molar-refractivity contribution in [1.82, 2.24) is 0 Å². The van der Waals surface area contributed by atoms with Crippen molar-refractivity contribution in [3.63, 3.8) is 0 Å². The lowest BCUT2D eigenvalue weighted by Gasteiger charge is -2.10. The van der Waals surface area contributed by atoms with E-state index in [0.29, 0.717) is 22.2 Å². The highest BCUT2D eigenvalue weighted by Crippen LogP contribution is 2.29. The number of ether oxygens (including phenoxy) is 2. The molecule has 2 aromatic carbocycles. The average molecular weight is 318 g/mol. The third-order valence-electron chi connectivity index (χ3n) is 2.94. The van der Waals surface area contributed by atoms with Crippen molar-refractivity contribution in [2.45, 2.75) is 0 Å². The summed E-state index contributed by atoms with van der Waals surface area (Å²) in [5, 5.41) is 3.38. The summed E-state index contributed by atoms with van der Waals surface area (Å²) in [6, 6.07) is 12.4. The van der Waals surface area contributed by atoms with Gasteiger partial charge in [0.2, 0.25) is 5.91 Å². The molecule has 0 heterocycles. The maximum Gasteiger partial charge on any atom is 0.248 e. The molecule has 4 nitrogen and oxygen atoms in total. The minimum absolute atomic E-state index is 0.261. The van der Waals surface area contributed by atoms with Crippen LogP contribution in [0.5, 0.6) is 11.5 Å². The highest BCUT2D eigenvalue weighted by atomic mass is 35.5. The van der Waals surface area contributed by atoms with E-state index in [0.717, 1.165) is 5.56 Å². The zero-order valence-electron chi connectivity index (χ0n) is 12.3. The molecular formula is C17H16ClNO3. The largest absolute Gasteiger partial charge is 0.497 e. The number of carbonyl (C=O) groups is 1. The topological polar surface area (TPSA) is 47.6 Å². The lowest BCUT2D eigenvalue weighted by atomic mass is 10.2. The predicted molar refractivity (Wildman–Crippen MR) is 88.7 cm³/mol. The number of benzene rings is 2. The predicted octanol–water partition coefficient (Wildman–Crippen LogP) is 4.01. The number of nitrogens with one attached hydrogen (secondary N) is 1. The van der Waals surface area contributed by atoms with Crippen molar-refractivity contribution in [2.24, 2.45) is 0 Å². The molecule has 0 aliphatic rings. The first-order valence-corrected chi connectivity index (χ1v) is 6.97. The van der Waals surface area contributed by atoms with Gasteiger partial charge in [0.1, 0.15) is 11.5 Å². The Kier molecular flexibility index (Phi) is 5.44. The van der Waals surface area contributed by atoms with Gasteiger partial charge in [-0.15, -0.1) is 0 Å². The fraction of sp³-hybridized carbons (Fsp3) is 0.118. The van der Waals surface area contributed by atoms with Gasteiger partial charge >= 0.3 is 0 Å². The van der Waals surface area contributed by atoms with Gasteiger partial charge in [0.15, 0.2) is 0 Å². The number of rotatable bonds is 5. The second kappa shape index (κ2) is 7.52. The first kappa shape index (κ1) is 15.9. The molecule has 0 atom stereocenters. The molecule has 0 bridgehead atoms. The smallest absolute Gasteiger partial charge is 0.248 e. The molecule has 2 rings (SSSR count). The molecule has 1 amide bonds. The summed E-state index contributed by atoms with van der Waals surface area (Å²) in [6.07, 6.45) is 3.13. The minimum Gasteiger partial charge on any atom is -0.497 e. The minimum atomic E-state index is -0.261. The Morgan fingerprint density at radius 2 is 1.95 bits per heavy atom. The molecule has 0 aromatic heterocycles. The van der Waals surface area contributed by atoms with Gasteiger partial charge in [-0.25, -0.2) is 0 Å². The summed E-state index contributed by atoms with van der Waals surface area (Å²) in [4.78, 5) is 12.0. The Hall–Kier alpha value is -2.46. The van der Waals surface area contributed by atoms with Crippen LogP contribution in [-0.4, -0.2) is 20.1 Å². The zero-order valence-corrected chi connectivity index (χ0v) is 13.1. The highest BCUT2D eigenvalue weighted by Gasteiger charge is 2.07. The lowest BCUT2D eigenvalue weighted by Crippen LogP contribution is -2.08. The van der Waals surface area contributed by atoms with Gasteiger partial charge in [-0.1, -0.05) is 23.7 Å². The summed E-state index contributed by atoms with van der Waals surface area (Å²) >= 11 is 5.90. The molecule has 0 aliphatic heterocycles. The highest BCUT2D eigenvalue weighted by molar-refractivity contribution is 6.30. The van der Waals surface area contributed by atoms with Crippen LogP contribution in [0.1, 0.15) is 5.56 Å². The first-order valence-electron chi connectivity index (χ1n) is 6.59. The number of anilines is 1. The summed E-state index contributed by atoms with van der Waals surface area (Å²) in [7, 11) is 3.10. The number of halogens is 1. The first-order chi connectivity index (χ1) is 10.6. The third-order valence-corrected chi connectivity index (χ3v) is 3.18. The van der Waals surface area contributed by atoms with E-state index >= 15 is 0 Å². The molecule has 0 saturated heterocycles. The van der Waals surface area contributed by atoms with E-state index in [4.69, 9.17) is 21.1 Å². The van der Waals surface area contributed by atoms with Crippen LogP contribution in [-0.2, 0) is 4.79 Å². The maximum absolute atomic E-state index is 12.0. The van der Waals surface area contributed by atoms with Crippen LogP contribution in [0, 0.1) is 0 Å². The Bertz CT molecular complexity index is 698. The van der Waals surface area contributed by atoms with Crippen LogP contribution >= 0.6 is 11.6 Å². The van der Waals surface area contributed by atoms with E-state index < -0.39 is 0 Å². The quantitative estimate of drug-likeness (QED) is 0.848. The van der Waals surface area contributed by atoms with Crippen LogP contribution in [0.25, 0.3) is 6.08 Å². The van der Waals surface area contributed by atoms with Crippen LogP contribution in [0.4, 0.5) is 5.69 Å². The van der Waals surface area contributed by atoms with Gasteiger partial charge < -0.3 is 14.8 Å². The van der Waals surface area contributed by atoms with Crippen molar-refractivity contribution in [3.05, 3.63) is 59.1 Å². The molecule has 114 valence electrons. The van der Waals surface area contributed by atoms with Crippen LogP contribution < -0.4 is 14.8 Å². The Balaban J connectivity index is 2.09. The summed E-state index contributed by atoms with van der Waals surface area (Å²) < 4.78 is 10.3. The van der Waals surface area contributed by atoms with E-state index in [1.54, 1.807) is 43.5 Å². The van der Waals surface area contributed by atoms with Crippen LogP contribution in [0.2, 0.25) is 5.02 Å². The van der Waals surface area contributed by atoms with Gasteiger partial charge in [0.05, 0.1) is 19.9 Å². The number of methoxy groups -OCH3 is 2. The SMILES string of the molecule is COc1ccc(NC(=O)/C=C/c2cccc(Cl)c2)c(OC)c1. The Morgan fingerprint density at radius 3 is 2.64 bits per heavy atom. The van der Waals surface area contributed by atoms with E-state index in [-0.39, 0.29) is 5.91 Å². The van der Waals surface area contributed by atoms with Gasteiger partial charge in [-0.05, 0) is 35.9 Å². The monoisotopic (exact) mass is 317 g/mol. The fourth-order valence-corrected chi connectivity index (χ4v) is 2.06. The Labute approximate surface area is 134 Å². The number of amides is 1. The normalized spacial score (nSPS) is 10.5. The molecule has 0 spiro atoms. The molecule has 0 aliphatic carbocycles. The van der Waals surface area contributed by atoms with Crippen molar-refractivity contribution in [2.75, 3.05) is 19.5 Å². The molecule has 0 fully saturated rings. The molecule has 2 aromatic rings. The molecule has 1 N–H and O–H groups in total. The molecule has 0 saturated carbocycles. The third kappa shape index (κ3) is 4.27. The Morgan fingerprint density at radius 1 is 1.14 bits per heavy atom. The van der Waals surface area contributed by atoms with E-state index in [9.17, 15) is 4.79 Å². The van der Waals surface area contributed by atoms with Crippen molar-refractivity contribution in [3.8, 4) is 11.5 Å². The molecule has 0 unspecified atom stereocenters. The van der Waals surface area contributed by atoms with Gasteiger partial charge in [-0.2, -0.15) is 0 Å². The second-order valence-electron chi connectivity index (χ2n) is 4.44. The molecule has 22 heavy (non-hydrogen) atoms. The van der Waals surface area contributed by atoms with Gasteiger partial charge in [0.25, 0.3) is 0 Å². The van der Waals surface area contributed by atoms with Crippen molar-refractivity contribution in [1.29, 1.82) is 0 Å². The van der Waals surface area contributed by atoms with Crippen molar-refractivity contribution < 1.29 is 14.3 Å². The van der Waals surface area contributed by atoms with E-state index in [1.807, 2.05) is 12.1 Å². The summed E-state index contributed by atoms with van der Waals surface area (Å²) in [5.74, 6) is 0.927. The number of carbonyl (C=O) groups excluding carboxylic acids is 1. The lowest BCUT2D eigenvalue weighted by molar-refractivity contribution is -0.111. The summed E-state index contributed by atoms with van der Waals surface area (Å²) in [6.45, 7) is 0. The van der Waals surface area contributed by atoms with Gasteiger partial charge in [0, 0.05) is 17.2 Å².